The lowest BCUT2D eigenvalue weighted by Gasteiger charge is -2.17. The summed E-state index contributed by atoms with van der Waals surface area (Å²) in [7, 11) is 1.94. The van der Waals surface area contributed by atoms with Gasteiger partial charge in [0.2, 0.25) is 5.28 Å². The maximum Gasteiger partial charge on any atom is 0.224 e. The van der Waals surface area contributed by atoms with Crippen molar-refractivity contribution in [3.8, 4) is 0 Å². The van der Waals surface area contributed by atoms with Crippen LogP contribution in [-0.2, 0) is 6.42 Å². The monoisotopic (exact) mass is 290 g/mol. The quantitative estimate of drug-likeness (QED) is 0.824. The van der Waals surface area contributed by atoms with Crippen LogP contribution in [0.5, 0.6) is 0 Å². The number of hydrogen-bond donors (Lipinski definition) is 2. The molecule has 0 aliphatic carbocycles. The minimum absolute atomic E-state index is 0.251. The number of anilines is 2. The van der Waals surface area contributed by atoms with Crippen LogP contribution in [0.25, 0.3) is 0 Å². The number of rotatable bonds is 5. The van der Waals surface area contributed by atoms with Crippen molar-refractivity contribution in [1.29, 1.82) is 0 Å². The molecule has 0 spiro atoms. The summed E-state index contributed by atoms with van der Waals surface area (Å²) in [6.07, 6.45) is 2.62. The summed E-state index contributed by atoms with van der Waals surface area (Å²) in [4.78, 5) is 8.32. The van der Waals surface area contributed by atoms with Crippen LogP contribution in [0.15, 0.2) is 30.5 Å². The van der Waals surface area contributed by atoms with E-state index in [1.807, 2.05) is 25.2 Å². The second-order valence-electron chi connectivity index (χ2n) is 4.59. The second kappa shape index (κ2) is 6.68. The van der Waals surface area contributed by atoms with Crippen molar-refractivity contribution in [3.63, 3.8) is 0 Å². The van der Waals surface area contributed by atoms with Gasteiger partial charge in [0, 0.05) is 23.5 Å². The Labute approximate surface area is 124 Å². The topological polar surface area (TPSA) is 49.8 Å². The number of nitrogens with one attached hydrogen (secondary N) is 2. The molecule has 2 aromatic rings. The van der Waals surface area contributed by atoms with Gasteiger partial charge in [-0.3, -0.25) is 0 Å². The van der Waals surface area contributed by atoms with Crippen molar-refractivity contribution >= 4 is 23.1 Å². The predicted molar refractivity (Wildman–Crippen MR) is 83.6 cm³/mol. The van der Waals surface area contributed by atoms with Crippen LogP contribution in [-0.4, -0.2) is 17.0 Å². The molecule has 2 rings (SSSR count). The summed E-state index contributed by atoms with van der Waals surface area (Å²) in [5, 5.41) is 6.87. The zero-order valence-electron chi connectivity index (χ0n) is 11.9. The van der Waals surface area contributed by atoms with Gasteiger partial charge in [-0.1, -0.05) is 25.1 Å². The van der Waals surface area contributed by atoms with Gasteiger partial charge in [0.1, 0.15) is 5.82 Å². The Morgan fingerprint density at radius 3 is 2.75 bits per heavy atom. The van der Waals surface area contributed by atoms with Crippen LogP contribution >= 0.6 is 11.6 Å². The summed E-state index contributed by atoms with van der Waals surface area (Å²) >= 11 is 5.90. The molecule has 0 saturated heterocycles. The van der Waals surface area contributed by atoms with Crippen LogP contribution in [0.3, 0.4) is 0 Å². The normalized spacial score (nSPS) is 12.2. The number of halogens is 1. The average Bonchev–Trinajstić information content (AvgIpc) is 2.47. The molecule has 0 amide bonds. The van der Waals surface area contributed by atoms with E-state index in [1.54, 1.807) is 6.20 Å². The minimum atomic E-state index is 0.251. The van der Waals surface area contributed by atoms with Crippen molar-refractivity contribution in [2.45, 2.75) is 26.3 Å². The first kappa shape index (κ1) is 14.8. The molecule has 1 atom stereocenters. The van der Waals surface area contributed by atoms with Crippen LogP contribution in [0, 0.1) is 0 Å². The van der Waals surface area contributed by atoms with Crippen molar-refractivity contribution < 1.29 is 0 Å². The van der Waals surface area contributed by atoms with Crippen LogP contribution in [0.4, 0.5) is 11.5 Å². The molecule has 5 heteroatoms. The summed E-state index contributed by atoms with van der Waals surface area (Å²) in [6.45, 7) is 4.19. The number of aryl methyl sites for hydroxylation is 1. The number of para-hydroxylation sites is 1. The van der Waals surface area contributed by atoms with Gasteiger partial charge >= 0.3 is 0 Å². The Balaban J connectivity index is 2.37. The van der Waals surface area contributed by atoms with Crippen LogP contribution < -0.4 is 10.6 Å². The third kappa shape index (κ3) is 3.26. The first-order valence-corrected chi connectivity index (χ1v) is 7.08. The van der Waals surface area contributed by atoms with Crippen molar-refractivity contribution in [1.82, 2.24) is 15.3 Å². The Hall–Kier alpha value is -1.65. The van der Waals surface area contributed by atoms with Crippen molar-refractivity contribution in [2.24, 2.45) is 0 Å². The highest BCUT2D eigenvalue weighted by molar-refractivity contribution is 6.28. The van der Waals surface area contributed by atoms with Crippen LogP contribution in [0.1, 0.15) is 31.0 Å². The molecule has 2 N–H and O–H groups in total. The third-order valence-electron chi connectivity index (χ3n) is 3.33. The Bertz CT molecular complexity index is 586. The fourth-order valence-corrected chi connectivity index (χ4v) is 2.16. The SMILES string of the molecule is CCc1cnc(Cl)nc1Nc1ccccc1C(C)NC. The third-order valence-corrected chi connectivity index (χ3v) is 3.51. The Kier molecular flexibility index (Phi) is 4.93. The molecular weight excluding hydrogens is 272 g/mol. The number of aromatic nitrogens is 2. The average molecular weight is 291 g/mol. The van der Waals surface area contributed by atoms with Crippen molar-refractivity contribution in [3.05, 3.63) is 46.9 Å². The van der Waals surface area contributed by atoms with Gasteiger partial charge in [0.25, 0.3) is 0 Å². The van der Waals surface area contributed by atoms with E-state index in [0.29, 0.717) is 0 Å². The van der Waals surface area contributed by atoms with Gasteiger partial charge in [0.05, 0.1) is 0 Å². The molecule has 1 heterocycles. The highest BCUT2D eigenvalue weighted by Crippen LogP contribution is 2.27. The van der Waals surface area contributed by atoms with Gasteiger partial charge in [-0.05, 0) is 43.6 Å². The van der Waals surface area contributed by atoms with Crippen molar-refractivity contribution in [2.75, 3.05) is 12.4 Å². The lowest BCUT2D eigenvalue weighted by atomic mass is 10.1. The Morgan fingerprint density at radius 2 is 2.05 bits per heavy atom. The van der Waals surface area contributed by atoms with E-state index in [0.717, 1.165) is 23.5 Å². The molecule has 0 aliphatic rings. The molecule has 0 fully saturated rings. The maximum atomic E-state index is 5.90. The first-order chi connectivity index (χ1) is 9.65. The molecule has 1 aromatic carbocycles. The predicted octanol–water partition coefficient (Wildman–Crippen LogP) is 3.72. The van der Waals surface area contributed by atoms with Gasteiger partial charge in [-0.15, -0.1) is 0 Å². The van der Waals surface area contributed by atoms with Gasteiger partial charge in [-0.25, -0.2) is 9.97 Å². The number of nitrogens with zero attached hydrogens (tertiary/aromatic N) is 2. The molecule has 0 radical (unpaired) electrons. The largest absolute Gasteiger partial charge is 0.340 e. The molecule has 0 saturated carbocycles. The van der Waals surface area contributed by atoms with Gasteiger partial charge < -0.3 is 10.6 Å². The van der Waals surface area contributed by atoms with Gasteiger partial charge in [0.15, 0.2) is 0 Å². The number of hydrogen-bond acceptors (Lipinski definition) is 4. The molecule has 20 heavy (non-hydrogen) atoms. The smallest absolute Gasteiger partial charge is 0.224 e. The first-order valence-electron chi connectivity index (χ1n) is 6.70. The van der Waals surface area contributed by atoms with E-state index >= 15 is 0 Å². The van der Waals surface area contributed by atoms with E-state index < -0.39 is 0 Å². The number of benzene rings is 1. The highest BCUT2D eigenvalue weighted by Gasteiger charge is 2.11. The summed E-state index contributed by atoms with van der Waals surface area (Å²) in [6, 6.07) is 8.42. The zero-order valence-corrected chi connectivity index (χ0v) is 12.7. The van der Waals surface area contributed by atoms with E-state index in [2.05, 4.69) is 40.5 Å². The van der Waals surface area contributed by atoms with E-state index in [-0.39, 0.29) is 11.3 Å². The molecule has 106 valence electrons. The van der Waals surface area contributed by atoms with E-state index in [4.69, 9.17) is 11.6 Å². The molecule has 0 aliphatic heterocycles. The standard InChI is InChI=1S/C15H19ClN4/c1-4-11-9-18-15(16)20-14(11)19-13-8-6-5-7-12(13)10(2)17-3/h5-10,17H,4H2,1-3H3,(H,18,19,20). The lowest BCUT2D eigenvalue weighted by Crippen LogP contribution is -2.14. The van der Waals surface area contributed by atoms with E-state index in [1.165, 1.54) is 5.56 Å². The molecule has 0 bridgehead atoms. The fourth-order valence-electron chi connectivity index (χ4n) is 2.02. The summed E-state index contributed by atoms with van der Waals surface area (Å²) in [5.41, 5.74) is 3.26. The highest BCUT2D eigenvalue weighted by atomic mass is 35.5. The maximum absolute atomic E-state index is 5.90. The Morgan fingerprint density at radius 1 is 1.30 bits per heavy atom. The fraction of sp³-hybridized carbons (Fsp3) is 0.333. The minimum Gasteiger partial charge on any atom is -0.340 e. The molecule has 4 nitrogen and oxygen atoms in total. The second-order valence-corrected chi connectivity index (χ2v) is 4.93. The van der Waals surface area contributed by atoms with Crippen LogP contribution in [0.2, 0.25) is 5.28 Å². The van der Waals surface area contributed by atoms with Gasteiger partial charge in [-0.2, -0.15) is 0 Å². The lowest BCUT2D eigenvalue weighted by molar-refractivity contribution is 0.654. The molecule has 1 aromatic heterocycles. The molecule has 1 unspecified atom stereocenters. The van der Waals surface area contributed by atoms with E-state index in [9.17, 15) is 0 Å². The zero-order chi connectivity index (χ0) is 14.5. The molecular formula is C15H19ClN4. The summed E-state index contributed by atoms with van der Waals surface area (Å²) < 4.78 is 0. The summed E-state index contributed by atoms with van der Waals surface area (Å²) in [5.74, 6) is 0.767.